The molecule has 39 heavy (non-hydrogen) atoms. The van der Waals surface area contributed by atoms with Gasteiger partial charge < -0.3 is 9.84 Å². The molecule has 6 heteroatoms. The third kappa shape index (κ3) is 6.17. The molecule has 1 N–H and O–H groups in total. The summed E-state index contributed by atoms with van der Waals surface area (Å²) >= 11 is 1.67. The van der Waals surface area contributed by atoms with Crippen LogP contribution in [-0.2, 0) is 15.0 Å². The molecule has 0 unspecified atom stereocenters. The molecule has 0 bridgehead atoms. The highest BCUT2D eigenvalue weighted by molar-refractivity contribution is 7.98. The van der Waals surface area contributed by atoms with E-state index in [1.165, 1.54) is 17.0 Å². The smallest absolute Gasteiger partial charge is 0.315 e. The standard InChI is InChI=1S/C33H33FO4S/c1-19-13-20(2)32(33(4,5)18-30(35)36)29(14-19)38-31(37)17-27-21(3)26(25-12-9-23(34)16-28(25)27)15-22-7-10-24(39-6)11-8-22/h7-16H,17-18H2,1-6H3,(H,35,36)/b26-15+. The van der Waals surface area contributed by atoms with Crippen molar-refractivity contribution in [1.82, 2.24) is 0 Å². The van der Waals surface area contributed by atoms with Gasteiger partial charge in [0.1, 0.15) is 11.6 Å². The summed E-state index contributed by atoms with van der Waals surface area (Å²) in [5, 5.41) is 9.47. The van der Waals surface area contributed by atoms with Crippen LogP contribution in [0.1, 0.15) is 67.0 Å². The first-order chi connectivity index (χ1) is 18.4. The van der Waals surface area contributed by atoms with E-state index in [4.69, 9.17) is 4.74 Å². The third-order valence-corrected chi connectivity index (χ3v) is 7.88. The molecule has 3 aromatic rings. The number of carboxylic acids is 1. The minimum atomic E-state index is -0.926. The molecule has 1 aliphatic carbocycles. The average Bonchev–Trinajstić information content (AvgIpc) is 3.08. The molecular weight excluding hydrogens is 511 g/mol. The van der Waals surface area contributed by atoms with Gasteiger partial charge in [-0.1, -0.05) is 38.1 Å². The van der Waals surface area contributed by atoms with Gasteiger partial charge >= 0.3 is 11.9 Å². The van der Waals surface area contributed by atoms with E-state index in [0.717, 1.165) is 39.0 Å². The number of halogens is 1. The van der Waals surface area contributed by atoms with E-state index in [0.29, 0.717) is 16.9 Å². The lowest BCUT2D eigenvalue weighted by Gasteiger charge is -2.28. The van der Waals surface area contributed by atoms with Crippen molar-refractivity contribution in [1.29, 1.82) is 0 Å². The van der Waals surface area contributed by atoms with E-state index >= 15 is 0 Å². The Morgan fingerprint density at radius 3 is 2.33 bits per heavy atom. The van der Waals surface area contributed by atoms with Crippen LogP contribution in [0.5, 0.6) is 5.75 Å². The summed E-state index contributed by atoms with van der Waals surface area (Å²) in [6, 6.07) is 16.6. The molecule has 3 aromatic carbocycles. The van der Waals surface area contributed by atoms with E-state index in [9.17, 15) is 19.1 Å². The van der Waals surface area contributed by atoms with Crippen molar-refractivity contribution in [2.75, 3.05) is 6.26 Å². The summed E-state index contributed by atoms with van der Waals surface area (Å²) in [7, 11) is 0. The van der Waals surface area contributed by atoms with Gasteiger partial charge in [-0.15, -0.1) is 11.8 Å². The number of allylic oxidation sites excluding steroid dienone is 2. The molecule has 0 aliphatic heterocycles. The Morgan fingerprint density at radius 1 is 1.00 bits per heavy atom. The maximum absolute atomic E-state index is 14.4. The van der Waals surface area contributed by atoms with Crippen molar-refractivity contribution in [3.8, 4) is 5.75 Å². The Morgan fingerprint density at radius 2 is 1.69 bits per heavy atom. The number of benzene rings is 3. The predicted molar refractivity (Wildman–Crippen MR) is 157 cm³/mol. The lowest BCUT2D eigenvalue weighted by Crippen LogP contribution is -2.25. The number of aliphatic carboxylic acids is 1. The molecule has 0 amide bonds. The van der Waals surface area contributed by atoms with Crippen molar-refractivity contribution in [3.05, 3.63) is 99.4 Å². The van der Waals surface area contributed by atoms with Crippen molar-refractivity contribution in [2.24, 2.45) is 0 Å². The Hall–Kier alpha value is -3.64. The molecule has 0 saturated heterocycles. The largest absolute Gasteiger partial charge is 0.481 e. The van der Waals surface area contributed by atoms with Gasteiger partial charge in [0.15, 0.2) is 0 Å². The number of fused-ring (bicyclic) bond motifs is 1. The van der Waals surface area contributed by atoms with E-state index in [-0.39, 0.29) is 18.7 Å². The summed E-state index contributed by atoms with van der Waals surface area (Å²) < 4.78 is 20.3. The monoisotopic (exact) mass is 544 g/mol. The second-order valence-corrected chi connectivity index (χ2v) is 11.6. The average molecular weight is 545 g/mol. The maximum Gasteiger partial charge on any atom is 0.315 e. The molecular formula is C33H33FO4S. The van der Waals surface area contributed by atoms with Crippen LogP contribution < -0.4 is 4.74 Å². The molecule has 4 rings (SSSR count). The van der Waals surface area contributed by atoms with Crippen LogP contribution in [0.25, 0.3) is 17.2 Å². The summed E-state index contributed by atoms with van der Waals surface area (Å²) in [5.41, 5.74) is 6.85. The Bertz CT molecular complexity index is 1510. The molecule has 202 valence electrons. The lowest BCUT2D eigenvalue weighted by molar-refractivity contribution is -0.138. The number of hydrogen-bond acceptors (Lipinski definition) is 4. The molecule has 0 spiro atoms. The van der Waals surface area contributed by atoms with Crippen molar-refractivity contribution < 1.29 is 23.8 Å². The first-order valence-electron chi connectivity index (χ1n) is 12.8. The number of esters is 1. The molecule has 0 heterocycles. The SMILES string of the molecule is CSc1ccc(/C=C2\C(C)=C(CC(=O)Oc3cc(C)cc(C)c3C(C)(C)CC(=O)O)c3cc(F)ccc32)cc1. The summed E-state index contributed by atoms with van der Waals surface area (Å²) in [6.45, 7) is 9.42. The normalized spacial score (nSPS) is 14.1. The second kappa shape index (κ2) is 11.2. The second-order valence-electron chi connectivity index (χ2n) is 10.7. The number of carbonyl (C=O) groups excluding carboxylic acids is 1. The third-order valence-electron chi connectivity index (χ3n) is 7.14. The van der Waals surface area contributed by atoms with Crippen LogP contribution in [0.15, 0.2) is 65.1 Å². The van der Waals surface area contributed by atoms with E-state index in [1.807, 2.05) is 59.1 Å². The first kappa shape index (κ1) is 28.4. The number of thioether (sulfide) groups is 1. The topological polar surface area (TPSA) is 63.6 Å². The number of ether oxygens (including phenoxy) is 1. The van der Waals surface area contributed by atoms with Gasteiger partial charge in [0.05, 0.1) is 12.8 Å². The minimum Gasteiger partial charge on any atom is -0.481 e. The highest BCUT2D eigenvalue weighted by Crippen LogP contribution is 2.44. The molecule has 4 nitrogen and oxygen atoms in total. The zero-order valence-corrected chi connectivity index (χ0v) is 24.0. The number of carboxylic acid groups (broad SMARTS) is 1. The van der Waals surface area contributed by atoms with Crippen LogP contribution in [0.2, 0.25) is 0 Å². The number of rotatable bonds is 8. The van der Waals surface area contributed by atoms with Crippen molar-refractivity contribution >= 4 is 40.9 Å². The van der Waals surface area contributed by atoms with Crippen LogP contribution in [-0.4, -0.2) is 23.3 Å². The maximum atomic E-state index is 14.4. The van der Waals surface area contributed by atoms with E-state index in [2.05, 4.69) is 18.2 Å². The van der Waals surface area contributed by atoms with Crippen LogP contribution in [0, 0.1) is 19.7 Å². The van der Waals surface area contributed by atoms with Gasteiger partial charge in [-0.25, -0.2) is 4.39 Å². The number of hydrogen-bond donors (Lipinski definition) is 1. The van der Waals surface area contributed by atoms with E-state index < -0.39 is 17.4 Å². The first-order valence-corrected chi connectivity index (χ1v) is 14.0. The zero-order chi connectivity index (χ0) is 28.5. The van der Waals surface area contributed by atoms with Crippen LogP contribution in [0.4, 0.5) is 4.39 Å². The fraction of sp³-hybridized carbons (Fsp3) is 0.273. The van der Waals surface area contributed by atoms with Crippen molar-refractivity contribution in [3.63, 3.8) is 0 Å². The minimum absolute atomic E-state index is 0.0448. The molecule has 0 atom stereocenters. The fourth-order valence-corrected chi connectivity index (χ4v) is 5.90. The number of carbonyl (C=O) groups is 2. The molecule has 0 radical (unpaired) electrons. The highest BCUT2D eigenvalue weighted by Gasteiger charge is 2.31. The molecule has 0 fully saturated rings. The van der Waals surface area contributed by atoms with Gasteiger partial charge in [-0.2, -0.15) is 0 Å². The summed E-state index contributed by atoms with van der Waals surface area (Å²) in [5.74, 6) is -1.42. The van der Waals surface area contributed by atoms with Crippen molar-refractivity contribution in [2.45, 2.75) is 57.8 Å². The van der Waals surface area contributed by atoms with Gasteiger partial charge in [0.25, 0.3) is 0 Å². The van der Waals surface area contributed by atoms with Gasteiger partial charge in [-0.05, 0) is 108 Å². The fourth-order valence-electron chi connectivity index (χ4n) is 5.49. The van der Waals surface area contributed by atoms with E-state index in [1.54, 1.807) is 23.9 Å². The van der Waals surface area contributed by atoms with Gasteiger partial charge in [0.2, 0.25) is 0 Å². The highest BCUT2D eigenvalue weighted by atomic mass is 32.2. The Kier molecular flexibility index (Phi) is 8.17. The predicted octanol–water partition coefficient (Wildman–Crippen LogP) is 8.24. The summed E-state index contributed by atoms with van der Waals surface area (Å²) in [6.07, 6.45) is 3.94. The molecule has 1 aliphatic rings. The van der Waals surface area contributed by atoms with Crippen LogP contribution in [0.3, 0.4) is 0 Å². The molecule has 0 saturated carbocycles. The molecule has 0 aromatic heterocycles. The Labute approximate surface area is 233 Å². The number of aryl methyl sites for hydroxylation is 2. The lowest BCUT2D eigenvalue weighted by atomic mass is 9.78. The van der Waals surface area contributed by atoms with Gasteiger partial charge in [0, 0.05) is 15.9 Å². The van der Waals surface area contributed by atoms with Gasteiger partial charge in [-0.3, -0.25) is 9.59 Å². The van der Waals surface area contributed by atoms with Crippen LogP contribution >= 0.6 is 11.8 Å². The quantitative estimate of drug-likeness (QED) is 0.176. The Balaban J connectivity index is 1.70. The zero-order valence-electron chi connectivity index (χ0n) is 23.1. The summed E-state index contributed by atoms with van der Waals surface area (Å²) in [4.78, 5) is 26.1.